The van der Waals surface area contributed by atoms with Crippen LogP contribution in [0.2, 0.25) is 0 Å². The highest BCUT2D eigenvalue weighted by atomic mass is 16.2. The normalized spacial score (nSPS) is 10.5. The number of aromatic amines is 1. The number of nitrogens with one attached hydrogen (secondary N) is 1. The van der Waals surface area contributed by atoms with Crippen molar-refractivity contribution in [2.75, 3.05) is 0 Å². The zero-order valence-electron chi connectivity index (χ0n) is 6.81. The zero-order valence-corrected chi connectivity index (χ0v) is 6.81. The van der Waals surface area contributed by atoms with E-state index in [4.69, 9.17) is 0 Å². The van der Waals surface area contributed by atoms with E-state index in [2.05, 4.69) is 9.97 Å². The molecule has 6 nitrogen and oxygen atoms in total. The van der Waals surface area contributed by atoms with Crippen molar-refractivity contribution in [2.24, 2.45) is 7.05 Å². The third kappa shape index (κ3) is 1.12. The van der Waals surface area contributed by atoms with E-state index in [1.165, 1.54) is 6.20 Å². The fraction of sp³-hybridized carbons (Fsp3) is 0.143. The lowest BCUT2D eigenvalue weighted by atomic mass is 10.4. The number of hydrogen-bond donors (Lipinski definition) is 1. The third-order valence-corrected chi connectivity index (χ3v) is 1.68. The summed E-state index contributed by atoms with van der Waals surface area (Å²) in [6, 6.07) is 0. The molecule has 0 aromatic heterocycles. The Morgan fingerprint density at radius 1 is 1.46 bits per heavy atom. The van der Waals surface area contributed by atoms with Crippen LogP contribution in [0.4, 0.5) is 0 Å². The van der Waals surface area contributed by atoms with Crippen LogP contribution >= 0.6 is 0 Å². The van der Waals surface area contributed by atoms with Crippen molar-refractivity contribution >= 4 is 0 Å². The minimum Gasteiger partial charge on any atom is -0.332 e. The molecule has 13 heavy (non-hydrogen) atoms. The van der Waals surface area contributed by atoms with Crippen molar-refractivity contribution in [2.45, 2.75) is 0 Å². The fourth-order valence-electron chi connectivity index (χ4n) is 1.08. The van der Waals surface area contributed by atoms with Crippen LogP contribution in [0.1, 0.15) is 0 Å². The summed E-state index contributed by atoms with van der Waals surface area (Å²) in [6.45, 7) is 0. The van der Waals surface area contributed by atoms with E-state index >= 15 is 0 Å². The van der Waals surface area contributed by atoms with Crippen molar-refractivity contribution in [1.29, 1.82) is 0 Å². The van der Waals surface area contributed by atoms with Gasteiger partial charge in [0.2, 0.25) is 0 Å². The van der Waals surface area contributed by atoms with Gasteiger partial charge in [-0.3, -0.25) is 9.78 Å². The van der Waals surface area contributed by atoms with Gasteiger partial charge in [-0.25, -0.2) is 9.78 Å². The second-order valence-electron chi connectivity index (χ2n) is 2.58. The Kier molecular flexibility index (Phi) is 1.48. The third-order valence-electron chi connectivity index (χ3n) is 1.68. The molecule has 0 bridgehead atoms. The molecule has 0 amide bonds. The van der Waals surface area contributed by atoms with Crippen LogP contribution in [0.5, 0.6) is 0 Å². The largest absolute Gasteiger partial charge is 0.349 e. The van der Waals surface area contributed by atoms with Gasteiger partial charge in [-0.15, -0.1) is 0 Å². The highest BCUT2D eigenvalue weighted by Crippen LogP contribution is 2.05. The summed E-state index contributed by atoms with van der Waals surface area (Å²) >= 11 is 0. The lowest BCUT2D eigenvalue weighted by Crippen LogP contribution is -2.27. The van der Waals surface area contributed by atoms with E-state index in [-0.39, 0.29) is 11.5 Å². The van der Waals surface area contributed by atoms with E-state index in [1.54, 1.807) is 17.8 Å². The lowest BCUT2D eigenvalue weighted by Gasteiger charge is -2.05. The van der Waals surface area contributed by atoms with Gasteiger partial charge in [-0.05, 0) is 0 Å². The van der Waals surface area contributed by atoms with Crippen LogP contribution in [0, 0.1) is 0 Å². The molecular weight excluding hydrogens is 172 g/mol. The van der Waals surface area contributed by atoms with Crippen molar-refractivity contribution in [1.82, 2.24) is 19.5 Å². The highest BCUT2D eigenvalue weighted by molar-refractivity contribution is 5.47. The van der Waals surface area contributed by atoms with Crippen molar-refractivity contribution in [3.05, 3.63) is 33.2 Å². The zero-order chi connectivity index (χ0) is 9.42. The topological polar surface area (TPSA) is 80.6 Å². The molecule has 0 aromatic carbocycles. The van der Waals surface area contributed by atoms with Gasteiger partial charge in [0, 0.05) is 19.4 Å². The molecule has 6 heteroatoms. The Labute approximate surface area is 72.2 Å². The Hall–Kier alpha value is -1.98. The summed E-state index contributed by atoms with van der Waals surface area (Å²) in [5.41, 5.74) is -0.989. The van der Waals surface area contributed by atoms with Gasteiger partial charge in [0.25, 0.3) is 5.56 Å². The summed E-state index contributed by atoms with van der Waals surface area (Å²) in [5, 5.41) is 0. The van der Waals surface area contributed by atoms with Gasteiger partial charge in [0.05, 0.1) is 0 Å². The molecule has 2 rings (SSSR count). The molecule has 2 aliphatic heterocycles. The quantitative estimate of drug-likeness (QED) is 0.559. The first-order valence-corrected chi connectivity index (χ1v) is 3.60. The fourth-order valence-corrected chi connectivity index (χ4v) is 1.08. The van der Waals surface area contributed by atoms with E-state index in [9.17, 15) is 9.59 Å². The SMILES string of the molecule is Cn1ccnc2c(=O)[nH]c(=O)nc1-2. The van der Waals surface area contributed by atoms with E-state index in [0.29, 0.717) is 0 Å². The van der Waals surface area contributed by atoms with Crippen LogP contribution in [-0.2, 0) is 7.05 Å². The van der Waals surface area contributed by atoms with Crippen molar-refractivity contribution < 1.29 is 0 Å². The summed E-state index contributed by atoms with van der Waals surface area (Å²) in [6.07, 6.45) is 3.10. The van der Waals surface area contributed by atoms with Gasteiger partial charge in [-0.2, -0.15) is 4.98 Å². The molecule has 0 fully saturated rings. The maximum Gasteiger partial charge on any atom is 0.349 e. The first-order valence-electron chi connectivity index (χ1n) is 3.60. The summed E-state index contributed by atoms with van der Waals surface area (Å²) < 4.78 is 1.57. The minimum atomic E-state index is -0.652. The molecule has 2 aliphatic rings. The van der Waals surface area contributed by atoms with E-state index in [1.807, 2.05) is 4.98 Å². The van der Waals surface area contributed by atoms with Crippen LogP contribution < -0.4 is 11.2 Å². The lowest BCUT2D eigenvalue weighted by molar-refractivity contribution is 0.832. The van der Waals surface area contributed by atoms with Gasteiger partial charge in [0.1, 0.15) is 0 Å². The highest BCUT2D eigenvalue weighted by Gasteiger charge is 2.11. The number of H-pyrrole nitrogens is 1. The molecule has 0 aromatic rings. The molecule has 0 spiro atoms. The van der Waals surface area contributed by atoms with Gasteiger partial charge >= 0.3 is 5.69 Å². The monoisotopic (exact) mass is 178 g/mol. The summed E-state index contributed by atoms with van der Waals surface area (Å²) in [5.74, 6) is 0.288. The van der Waals surface area contributed by atoms with Crippen LogP contribution in [0.25, 0.3) is 11.5 Å². The second-order valence-corrected chi connectivity index (χ2v) is 2.58. The smallest absolute Gasteiger partial charge is 0.332 e. The first-order chi connectivity index (χ1) is 6.18. The summed E-state index contributed by atoms with van der Waals surface area (Å²) in [7, 11) is 1.69. The number of rotatable bonds is 0. The molecule has 0 saturated carbocycles. The number of hydrogen-bond acceptors (Lipinski definition) is 4. The number of fused-ring (bicyclic) bond motifs is 1. The van der Waals surface area contributed by atoms with Gasteiger partial charge < -0.3 is 4.57 Å². The van der Waals surface area contributed by atoms with E-state index in [0.717, 1.165) is 0 Å². The van der Waals surface area contributed by atoms with Gasteiger partial charge in [-0.1, -0.05) is 0 Å². The second kappa shape index (κ2) is 2.51. The molecule has 0 unspecified atom stereocenters. The van der Waals surface area contributed by atoms with Crippen molar-refractivity contribution in [3.63, 3.8) is 0 Å². The molecule has 0 radical (unpaired) electrons. The molecule has 1 N–H and O–H groups in total. The minimum absolute atomic E-state index is 0.171. The molecular formula is C7H6N4O2. The average molecular weight is 178 g/mol. The Morgan fingerprint density at radius 2 is 2.23 bits per heavy atom. The Bertz CT molecular complexity index is 527. The van der Waals surface area contributed by atoms with E-state index < -0.39 is 11.2 Å². The first kappa shape index (κ1) is 7.66. The average Bonchev–Trinajstić information content (AvgIpc) is 2.07. The maximum atomic E-state index is 11.2. The maximum absolute atomic E-state index is 11.2. The number of aryl methyl sites for hydroxylation is 1. The Morgan fingerprint density at radius 3 is 3.00 bits per heavy atom. The molecule has 66 valence electrons. The molecule has 0 atom stereocenters. The van der Waals surface area contributed by atoms with Crippen molar-refractivity contribution in [3.8, 4) is 11.5 Å². The van der Waals surface area contributed by atoms with Crippen LogP contribution in [-0.4, -0.2) is 19.5 Å². The predicted octanol–water partition coefficient (Wildman–Crippen LogP) is -1.03. The Balaban J connectivity index is 3.01. The predicted molar refractivity (Wildman–Crippen MR) is 44.5 cm³/mol. The van der Waals surface area contributed by atoms with Gasteiger partial charge in [0.15, 0.2) is 11.5 Å². The molecule has 0 saturated heterocycles. The summed E-state index contributed by atoms with van der Waals surface area (Å²) in [4.78, 5) is 31.5. The number of nitrogens with zero attached hydrogens (tertiary/aromatic N) is 3. The van der Waals surface area contributed by atoms with Crippen LogP contribution in [0.15, 0.2) is 22.0 Å². The molecule has 0 aliphatic carbocycles. The molecule has 2 heterocycles. The standard InChI is InChI=1S/C7H6N4O2/c1-11-3-2-8-4-5(11)9-7(13)10-6(4)12/h2-3H,1H3,(H,10,12,13). The number of aromatic nitrogens is 4. The van der Waals surface area contributed by atoms with Crippen LogP contribution in [0.3, 0.4) is 0 Å².